The van der Waals surface area contributed by atoms with Crippen LogP contribution >= 0.6 is 15.9 Å². The molecular formula is C10H9BrO. The van der Waals surface area contributed by atoms with E-state index in [2.05, 4.69) is 22.5 Å². The molecule has 2 heteroatoms. The molecule has 0 saturated carbocycles. The lowest BCUT2D eigenvalue weighted by Gasteiger charge is -1.99. The van der Waals surface area contributed by atoms with Crippen LogP contribution in [0.2, 0.25) is 0 Å². The molecule has 0 aliphatic heterocycles. The van der Waals surface area contributed by atoms with E-state index in [-0.39, 0.29) is 5.78 Å². The molecular weight excluding hydrogens is 216 g/mol. The molecule has 0 heterocycles. The maximum absolute atomic E-state index is 11.2. The number of carbonyl (C=O) groups excluding carboxylic acids is 1. The molecule has 0 aromatic heterocycles. The molecule has 0 saturated heterocycles. The summed E-state index contributed by atoms with van der Waals surface area (Å²) in [5, 5.41) is 0. The molecule has 62 valence electrons. The first kappa shape index (κ1) is 9.20. The number of hydrogen-bond acceptors (Lipinski definition) is 1. The van der Waals surface area contributed by atoms with Gasteiger partial charge in [0.25, 0.3) is 0 Å². The van der Waals surface area contributed by atoms with Gasteiger partial charge in [0, 0.05) is 10.0 Å². The number of hydrogen-bond donors (Lipinski definition) is 0. The molecule has 0 amide bonds. The number of rotatable bonds is 2. The molecule has 1 nitrogen and oxygen atoms in total. The van der Waals surface area contributed by atoms with E-state index in [0.29, 0.717) is 5.56 Å². The van der Waals surface area contributed by atoms with E-state index in [1.165, 1.54) is 6.08 Å². The summed E-state index contributed by atoms with van der Waals surface area (Å²) in [6, 6.07) is 5.59. The van der Waals surface area contributed by atoms with Crippen LogP contribution in [0.5, 0.6) is 0 Å². The second-order valence-electron chi connectivity index (χ2n) is 2.59. The summed E-state index contributed by atoms with van der Waals surface area (Å²) < 4.78 is 0.924. The van der Waals surface area contributed by atoms with Crippen LogP contribution in [0.1, 0.15) is 15.9 Å². The van der Waals surface area contributed by atoms with Crippen molar-refractivity contribution < 1.29 is 4.79 Å². The number of benzene rings is 1. The lowest BCUT2D eigenvalue weighted by atomic mass is 10.1. The number of halogens is 1. The van der Waals surface area contributed by atoms with Gasteiger partial charge in [-0.1, -0.05) is 22.5 Å². The van der Waals surface area contributed by atoms with Gasteiger partial charge in [-0.2, -0.15) is 0 Å². The zero-order valence-electron chi connectivity index (χ0n) is 6.80. The third kappa shape index (κ3) is 2.05. The van der Waals surface area contributed by atoms with Gasteiger partial charge in [0.15, 0.2) is 5.78 Å². The molecule has 0 aliphatic rings. The van der Waals surface area contributed by atoms with E-state index in [1.54, 1.807) is 6.07 Å². The van der Waals surface area contributed by atoms with Crippen LogP contribution < -0.4 is 0 Å². The van der Waals surface area contributed by atoms with Gasteiger partial charge in [0.1, 0.15) is 0 Å². The minimum atomic E-state index is -0.0422. The molecule has 0 bridgehead atoms. The molecule has 12 heavy (non-hydrogen) atoms. The van der Waals surface area contributed by atoms with Crippen LogP contribution in [0.25, 0.3) is 0 Å². The number of aryl methyl sites for hydroxylation is 1. The quantitative estimate of drug-likeness (QED) is 0.558. The van der Waals surface area contributed by atoms with Gasteiger partial charge >= 0.3 is 0 Å². The predicted octanol–water partition coefficient (Wildman–Crippen LogP) is 3.13. The molecule has 0 unspecified atom stereocenters. The number of allylic oxidation sites excluding steroid dienone is 1. The Morgan fingerprint density at radius 1 is 1.50 bits per heavy atom. The van der Waals surface area contributed by atoms with Crippen LogP contribution in [0.4, 0.5) is 0 Å². The average Bonchev–Trinajstić information content (AvgIpc) is 2.01. The van der Waals surface area contributed by atoms with E-state index in [1.807, 2.05) is 19.1 Å². The second kappa shape index (κ2) is 3.68. The Morgan fingerprint density at radius 2 is 2.17 bits per heavy atom. The monoisotopic (exact) mass is 224 g/mol. The Balaban J connectivity index is 3.17. The van der Waals surface area contributed by atoms with Gasteiger partial charge in [0.05, 0.1) is 0 Å². The van der Waals surface area contributed by atoms with Crippen LogP contribution in [0.15, 0.2) is 35.3 Å². The fourth-order valence-electron chi connectivity index (χ4n) is 0.996. The van der Waals surface area contributed by atoms with E-state index in [0.717, 1.165) is 10.0 Å². The SMILES string of the molecule is C=CC(=O)c1cc(C)cc(Br)c1. The third-order valence-electron chi connectivity index (χ3n) is 1.51. The van der Waals surface area contributed by atoms with Gasteiger partial charge in [0.2, 0.25) is 0 Å². The van der Waals surface area contributed by atoms with E-state index in [9.17, 15) is 4.79 Å². The molecule has 0 radical (unpaired) electrons. The van der Waals surface area contributed by atoms with Crippen molar-refractivity contribution in [3.63, 3.8) is 0 Å². The molecule has 0 aliphatic carbocycles. The second-order valence-corrected chi connectivity index (χ2v) is 3.50. The fraction of sp³-hybridized carbons (Fsp3) is 0.100. The van der Waals surface area contributed by atoms with Crippen molar-refractivity contribution in [1.82, 2.24) is 0 Å². The predicted molar refractivity (Wildman–Crippen MR) is 53.4 cm³/mol. The zero-order valence-corrected chi connectivity index (χ0v) is 8.39. The van der Waals surface area contributed by atoms with Gasteiger partial charge in [-0.15, -0.1) is 0 Å². The lowest BCUT2D eigenvalue weighted by Crippen LogP contribution is -1.93. The van der Waals surface area contributed by atoms with Crippen LogP contribution in [-0.2, 0) is 0 Å². The summed E-state index contributed by atoms with van der Waals surface area (Å²) in [5.74, 6) is -0.0422. The molecule has 1 aromatic carbocycles. The Labute approximate surface area is 80.2 Å². The van der Waals surface area contributed by atoms with Crippen LogP contribution in [-0.4, -0.2) is 5.78 Å². The van der Waals surface area contributed by atoms with Gasteiger partial charge in [-0.3, -0.25) is 4.79 Å². The maximum Gasteiger partial charge on any atom is 0.185 e. The summed E-state index contributed by atoms with van der Waals surface area (Å²) in [7, 11) is 0. The highest BCUT2D eigenvalue weighted by Gasteiger charge is 2.01. The first-order chi connectivity index (χ1) is 5.63. The summed E-state index contributed by atoms with van der Waals surface area (Å²) in [6.45, 7) is 5.38. The number of carbonyl (C=O) groups is 1. The molecule has 1 aromatic rings. The van der Waals surface area contributed by atoms with Crippen molar-refractivity contribution >= 4 is 21.7 Å². The Kier molecular flexibility index (Phi) is 2.82. The first-order valence-electron chi connectivity index (χ1n) is 3.57. The van der Waals surface area contributed by atoms with Crippen LogP contribution in [0.3, 0.4) is 0 Å². The molecule has 1 rings (SSSR count). The third-order valence-corrected chi connectivity index (χ3v) is 1.97. The first-order valence-corrected chi connectivity index (χ1v) is 4.37. The standard InChI is InChI=1S/C10H9BrO/c1-3-10(12)8-4-7(2)5-9(11)6-8/h3-6H,1H2,2H3. The molecule has 0 spiro atoms. The summed E-state index contributed by atoms with van der Waals surface area (Å²) in [4.78, 5) is 11.2. The largest absolute Gasteiger partial charge is 0.289 e. The summed E-state index contributed by atoms with van der Waals surface area (Å²) >= 11 is 3.32. The minimum Gasteiger partial charge on any atom is -0.289 e. The van der Waals surface area contributed by atoms with Gasteiger partial charge in [-0.05, 0) is 36.8 Å². The van der Waals surface area contributed by atoms with Crippen molar-refractivity contribution in [2.45, 2.75) is 6.92 Å². The fourth-order valence-corrected chi connectivity index (χ4v) is 1.60. The smallest absolute Gasteiger partial charge is 0.185 e. The van der Waals surface area contributed by atoms with E-state index < -0.39 is 0 Å². The number of ketones is 1. The molecule has 0 atom stereocenters. The normalized spacial score (nSPS) is 9.50. The van der Waals surface area contributed by atoms with Crippen molar-refractivity contribution in [3.8, 4) is 0 Å². The maximum atomic E-state index is 11.2. The van der Waals surface area contributed by atoms with E-state index >= 15 is 0 Å². The topological polar surface area (TPSA) is 17.1 Å². The van der Waals surface area contributed by atoms with Crippen LogP contribution in [0, 0.1) is 6.92 Å². The Bertz CT molecular complexity index is 308. The lowest BCUT2D eigenvalue weighted by molar-refractivity contribution is 0.104. The minimum absolute atomic E-state index is 0.0422. The zero-order chi connectivity index (χ0) is 9.14. The van der Waals surface area contributed by atoms with E-state index in [4.69, 9.17) is 0 Å². The highest BCUT2D eigenvalue weighted by atomic mass is 79.9. The Morgan fingerprint density at radius 3 is 2.67 bits per heavy atom. The molecule has 0 fully saturated rings. The molecule has 0 N–H and O–H groups in total. The Hall–Kier alpha value is -0.890. The average molecular weight is 225 g/mol. The highest BCUT2D eigenvalue weighted by molar-refractivity contribution is 9.10. The van der Waals surface area contributed by atoms with Crippen molar-refractivity contribution in [1.29, 1.82) is 0 Å². The summed E-state index contributed by atoms with van der Waals surface area (Å²) in [6.07, 6.45) is 1.32. The van der Waals surface area contributed by atoms with Crippen molar-refractivity contribution in [3.05, 3.63) is 46.5 Å². The van der Waals surface area contributed by atoms with Gasteiger partial charge in [-0.25, -0.2) is 0 Å². The highest BCUT2D eigenvalue weighted by Crippen LogP contribution is 2.15. The van der Waals surface area contributed by atoms with Crippen molar-refractivity contribution in [2.75, 3.05) is 0 Å². The van der Waals surface area contributed by atoms with Crippen molar-refractivity contribution in [2.24, 2.45) is 0 Å². The van der Waals surface area contributed by atoms with Gasteiger partial charge < -0.3 is 0 Å². The summed E-state index contributed by atoms with van der Waals surface area (Å²) in [5.41, 5.74) is 1.74.